The SMILES string of the molecule is CCN(Cc1ccc(C)cc1)c1ccc(OC)cc1.CCO.COc1ccc(N=Cc2ccc(C)cc2)cc1. The van der Waals surface area contributed by atoms with Crippen molar-refractivity contribution in [2.75, 3.05) is 32.3 Å². The average Bonchev–Trinajstić information content (AvgIpc) is 2.98. The highest BCUT2D eigenvalue weighted by atomic mass is 16.5. The molecule has 0 saturated heterocycles. The fraction of sp³-hybridized carbons (Fsp3) is 0.265. The van der Waals surface area contributed by atoms with Crippen LogP contribution in [0.2, 0.25) is 0 Å². The molecule has 4 aromatic carbocycles. The first-order chi connectivity index (χ1) is 18.9. The lowest BCUT2D eigenvalue weighted by molar-refractivity contribution is 0.318. The van der Waals surface area contributed by atoms with E-state index in [0.717, 1.165) is 35.8 Å². The number of nitrogens with zero attached hydrogens (tertiary/aromatic N) is 2. The van der Waals surface area contributed by atoms with E-state index in [4.69, 9.17) is 14.6 Å². The van der Waals surface area contributed by atoms with E-state index >= 15 is 0 Å². The van der Waals surface area contributed by atoms with Gasteiger partial charge in [0, 0.05) is 31.6 Å². The van der Waals surface area contributed by atoms with Crippen LogP contribution in [0.1, 0.15) is 36.1 Å². The van der Waals surface area contributed by atoms with Crippen LogP contribution in [0.15, 0.2) is 102 Å². The van der Waals surface area contributed by atoms with E-state index in [1.807, 2.05) is 42.6 Å². The zero-order chi connectivity index (χ0) is 28.5. The van der Waals surface area contributed by atoms with Crippen LogP contribution in [0.3, 0.4) is 0 Å². The number of hydrogen-bond acceptors (Lipinski definition) is 5. The molecule has 0 saturated carbocycles. The van der Waals surface area contributed by atoms with Crippen LogP contribution in [-0.4, -0.2) is 38.7 Å². The molecule has 0 aliphatic heterocycles. The van der Waals surface area contributed by atoms with Gasteiger partial charge in [-0.1, -0.05) is 59.7 Å². The molecule has 0 heterocycles. The Morgan fingerprint density at radius 3 is 1.62 bits per heavy atom. The van der Waals surface area contributed by atoms with E-state index in [1.165, 1.54) is 22.4 Å². The molecule has 0 amide bonds. The molecule has 0 fully saturated rings. The highest BCUT2D eigenvalue weighted by Crippen LogP contribution is 2.21. The summed E-state index contributed by atoms with van der Waals surface area (Å²) in [6, 6.07) is 32.9. The van der Waals surface area contributed by atoms with Crippen LogP contribution in [0.25, 0.3) is 0 Å². The molecule has 39 heavy (non-hydrogen) atoms. The molecule has 1 N–H and O–H groups in total. The minimum atomic E-state index is 0.250. The first-order valence-corrected chi connectivity index (χ1v) is 13.2. The Balaban J connectivity index is 0.000000250. The molecule has 0 atom stereocenters. The smallest absolute Gasteiger partial charge is 0.119 e. The third kappa shape index (κ3) is 11.5. The summed E-state index contributed by atoms with van der Waals surface area (Å²) < 4.78 is 10.3. The van der Waals surface area contributed by atoms with Gasteiger partial charge in [-0.05, 0) is 87.4 Å². The van der Waals surface area contributed by atoms with Gasteiger partial charge in [0.25, 0.3) is 0 Å². The van der Waals surface area contributed by atoms with Gasteiger partial charge in [0.05, 0.1) is 19.9 Å². The van der Waals surface area contributed by atoms with E-state index in [0.29, 0.717) is 0 Å². The second-order valence-corrected chi connectivity index (χ2v) is 8.88. The van der Waals surface area contributed by atoms with E-state index in [9.17, 15) is 0 Å². The van der Waals surface area contributed by atoms with E-state index in [-0.39, 0.29) is 6.61 Å². The molecule has 5 heteroatoms. The minimum absolute atomic E-state index is 0.250. The average molecular weight is 527 g/mol. The van der Waals surface area contributed by atoms with Gasteiger partial charge in [-0.15, -0.1) is 0 Å². The van der Waals surface area contributed by atoms with Gasteiger partial charge < -0.3 is 19.5 Å². The van der Waals surface area contributed by atoms with Gasteiger partial charge in [0.2, 0.25) is 0 Å². The maximum atomic E-state index is 7.57. The van der Waals surface area contributed by atoms with Gasteiger partial charge in [0.15, 0.2) is 0 Å². The van der Waals surface area contributed by atoms with Crippen molar-refractivity contribution in [2.45, 2.75) is 34.2 Å². The molecular weight excluding hydrogens is 484 g/mol. The molecule has 0 aliphatic carbocycles. The molecule has 0 bridgehead atoms. The van der Waals surface area contributed by atoms with E-state index in [1.54, 1.807) is 21.1 Å². The van der Waals surface area contributed by atoms with Crippen molar-refractivity contribution in [3.05, 3.63) is 119 Å². The van der Waals surface area contributed by atoms with Crippen LogP contribution in [0.5, 0.6) is 11.5 Å². The lowest BCUT2D eigenvalue weighted by Crippen LogP contribution is -2.21. The van der Waals surface area contributed by atoms with Crippen LogP contribution in [0.4, 0.5) is 11.4 Å². The zero-order valence-corrected chi connectivity index (χ0v) is 24.1. The zero-order valence-electron chi connectivity index (χ0n) is 24.1. The maximum absolute atomic E-state index is 7.57. The first-order valence-electron chi connectivity index (χ1n) is 13.2. The van der Waals surface area contributed by atoms with Crippen molar-refractivity contribution >= 4 is 17.6 Å². The predicted octanol–water partition coefficient (Wildman–Crippen LogP) is 7.78. The number of aliphatic imine (C=N–C) groups is 1. The summed E-state index contributed by atoms with van der Waals surface area (Å²) in [4.78, 5) is 6.75. The number of benzene rings is 4. The van der Waals surface area contributed by atoms with Crippen molar-refractivity contribution in [1.82, 2.24) is 0 Å². The largest absolute Gasteiger partial charge is 0.497 e. The summed E-state index contributed by atoms with van der Waals surface area (Å²) in [5.74, 6) is 1.74. The molecule has 0 radical (unpaired) electrons. The number of aliphatic hydroxyl groups is 1. The second kappa shape index (κ2) is 17.4. The summed E-state index contributed by atoms with van der Waals surface area (Å²) in [7, 11) is 3.35. The maximum Gasteiger partial charge on any atom is 0.119 e. The fourth-order valence-corrected chi connectivity index (χ4v) is 3.56. The van der Waals surface area contributed by atoms with Gasteiger partial charge >= 0.3 is 0 Å². The van der Waals surface area contributed by atoms with Gasteiger partial charge in [-0.2, -0.15) is 0 Å². The van der Waals surface area contributed by atoms with Crippen molar-refractivity contribution in [3.8, 4) is 11.5 Å². The molecule has 0 unspecified atom stereocenters. The molecule has 4 rings (SSSR count). The molecule has 0 spiro atoms. The van der Waals surface area contributed by atoms with Crippen molar-refractivity contribution in [1.29, 1.82) is 0 Å². The fourth-order valence-electron chi connectivity index (χ4n) is 3.56. The Labute approximate surface area is 234 Å². The Morgan fingerprint density at radius 1 is 0.692 bits per heavy atom. The monoisotopic (exact) mass is 526 g/mol. The standard InChI is InChI=1S/C17H21NO.C15H15NO.C2H6O/c1-4-18(13-15-7-5-14(2)6-8-15)16-9-11-17(19-3)12-10-16;1-12-3-5-13(6-4-12)11-16-14-7-9-15(17-2)10-8-14;1-2-3/h5-12H,4,13H2,1-3H3;3-11H,1-2H3;3H,2H2,1H3. The minimum Gasteiger partial charge on any atom is -0.497 e. The van der Waals surface area contributed by atoms with Crippen LogP contribution in [0, 0.1) is 13.8 Å². The van der Waals surface area contributed by atoms with Gasteiger partial charge in [-0.25, -0.2) is 0 Å². The van der Waals surface area contributed by atoms with Crippen LogP contribution in [-0.2, 0) is 6.54 Å². The Kier molecular flexibility index (Phi) is 13.9. The summed E-state index contributed by atoms with van der Waals surface area (Å²) in [5, 5.41) is 7.57. The van der Waals surface area contributed by atoms with Gasteiger partial charge in [0.1, 0.15) is 11.5 Å². The summed E-state index contributed by atoms with van der Waals surface area (Å²) in [6.07, 6.45) is 1.86. The molecular formula is C34H42N2O3. The lowest BCUT2D eigenvalue weighted by Gasteiger charge is -2.23. The highest BCUT2D eigenvalue weighted by molar-refractivity contribution is 5.81. The topological polar surface area (TPSA) is 54.3 Å². The lowest BCUT2D eigenvalue weighted by atomic mass is 10.1. The summed E-state index contributed by atoms with van der Waals surface area (Å²) in [6.45, 7) is 10.2. The molecule has 4 aromatic rings. The molecule has 5 nitrogen and oxygen atoms in total. The van der Waals surface area contributed by atoms with Crippen molar-refractivity contribution in [3.63, 3.8) is 0 Å². The Bertz CT molecular complexity index is 1220. The molecule has 0 aliphatic rings. The third-order valence-corrected chi connectivity index (χ3v) is 5.83. The Morgan fingerprint density at radius 2 is 1.15 bits per heavy atom. The van der Waals surface area contributed by atoms with Crippen LogP contribution < -0.4 is 14.4 Å². The Hall–Kier alpha value is -4.09. The number of aryl methyl sites for hydroxylation is 2. The van der Waals surface area contributed by atoms with E-state index < -0.39 is 0 Å². The van der Waals surface area contributed by atoms with Crippen molar-refractivity contribution in [2.24, 2.45) is 4.99 Å². The van der Waals surface area contributed by atoms with Crippen molar-refractivity contribution < 1.29 is 14.6 Å². The number of methoxy groups -OCH3 is 2. The van der Waals surface area contributed by atoms with Gasteiger partial charge in [-0.3, -0.25) is 4.99 Å². The molecule has 0 aromatic heterocycles. The second-order valence-electron chi connectivity index (χ2n) is 8.88. The number of hydrogen-bond donors (Lipinski definition) is 1. The number of anilines is 1. The van der Waals surface area contributed by atoms with Crippen LogP contribution >= 0.6 is 0 Å². The number of ether oxygens (including phenoxy) is 2. The molecule has 206 valence electrons. The highest BCUT2D eigenvalue weighted by Gasteiger charge is 2.05. The normalized spacial score (nSPS) is 10.1. The van der Waals surface area contributed by atoms with E-state index in [2.05, 4.69) is 91.3 Å². The third-order valence-electron chi connectivity index (χ3n) is 5.83. The quantitative estimate of drug-likeness (QED) is 0.238. The first kappa shape index (κ1) is 31.1. The summed E-state index contributed by atoms with van der Waals surface area (Å²) in [5.41, 5.74) is 7.15. The predicted molar refractivity (Wildman–Crippen MR) is 165 cm³/mol. The number of rotatable bonds is 8. The summed E-state index contributed by atoms with van der Waals surface area (Å²) >= 11 is 0. The number of aliphatic hydroxyl groups excluding tert-OH is 1.